The van der Waals surface area contributed by atoms with Crippen LogP contribution in [0.15, 0.2) is 78.9 Å². The van der Waals surface area contributed by atoms with Crippen LogP contribution in [0.2, 0.25) is 0 Å². The van der Waals surface area contributed by atoms with Crippen molar-refractivity contribution in [3.05, 3.63) is 107 Å². The maximum Gasteiger partial charge on any atom is 0.253 e. The van der Waals surface area contributed by atoms with E-state index in [-0.39, 0.29) is 17.6 Å². The molecular weight excluding hydrogens is 435 g/mol. The van der Waals surface area contributed by atoms with E-state index in [1.807, 2.05) is 42.2 Å². The number of nitrogens with zero attached hydrogens (tertiary/aromatic N) is 2. The van der Waals surface area contributed by atoms with Crippen LogP contribution < -0.4 is 0 Å². The van der Waals surface area contributed by atoms with Gasteiger partial charge in [0.15, 0.2) is 0 Å². The maximum absolute atomic E-state index is 14.1. The van der Waals surface area contributed by atoms with E-state index in [1.165, 1.54) is 24.5 Å². The van der Waals surface area contributed by atoms with Gasteiger partial charge in [-0.15, -0.1) is 0 Å². The molecule has 2 aliphatic rings. The fourth-order valence-corrected chi connectivity index (χ4v) is 5.95. The van der Waals surface area contributed by atoms with Crippen molar-refractivity contribution >= 4 is 5.91 Å². The van der Waals surface area contributed by atoms with Crippen LogP contribution in [-0.2, 0) is 6.42 Å². The van der Waals surface area contributed by atoms with Gasteiger partial charge in [0.05, 0.1) is 0 Å². The van der Waals surface area contributed by atoms with E-state index >= 15 is 0 Å². The molecule has 35 heavy (non-hydrogen) atoms. The number of piperidine rings is 1. The maximum atomic E-state index is 14.1. The zero-order valence-corrected chi connectivity index (χ0v) is 20.6. The fraction of sp³-hybridized carbons (Fsp3) is 0.387. The predicted octanol–water partition coefficient (Wildman–Crippen LogP) is 5.94. The number of benzene rings is 3. The largest absolute Gasteiger partial charge is 0.338 e. The van der Waals surface area contributed by atoms with E-state index in [9.17, 15) is 9.18 Å². The number of aryl methyl sites for hydroxylation is 1. The minimum absolute atomic E-state index is 0.0826. The van der Waals surface area contributed by atoms with E-state index in [2.05, 4.69) is 35.2 Å². The van der Waals surface area contributed by atoms with Gasteiger partial charge in [0.2, 0.25) is 0 Å². The second-order valence-corrected chi connectivity index (χ2v) is 10.4. The van der Waals surface area contributed by atoms with E-state index < -0.39 is 0 Å². The molecule has 0 bridgehead atoms. The highest BCUT2D eigenvalue weighted by Crippen LogP contribution is 2.35. The van der Waals surface area contributed by atoms with Gasteiger partial charge in [0.1, 0.15) is 5.82 Å². The van der Waals surface area contributed by atoms with Gasteiger partial charge in [-0.3, -0.25) is 4.79 Å². The van der Waals surface area contributed by atoms with Gasteiger partial charge < -0.3 is 9.80 Å². The average molecular weight is 471 g/mol. The Balaban J connectivity index is 1.26. The quantitative estimate of drug-likeness (QED) is 0.445. The van der Waals surface area contributed by atoms with Crippen molar-refractivity contribution in [2.75, 3.05) is 32.7 Å². The highest BCUT2D eigenvalue weighted by molar-refractivity contribution is 5.94. The number of carbonyl (C=O) groups is 1. The summed E-state index contributed by atoms with van der Waals surface area (Å²) in [6.45, 7) is 6.52. The van der Waals surface area contributed by atoms with Gasteiger partial charge in [-0.1, -0.05) is 60.2 Å². The Morgan fingerprint density at radius 1 is 0.914 bits per heavy atom. The Labute approximate surface area is 208 Å². The second-order valence-electron chi connectivity index (χ2n) is 10.4. The van der Waals surface area contributed by atoms with E-state index in [0.29, 0.717) is 12.5 Å². The smallest absolute Gasteiger partial charge is 0.253 e. The first-order valence-corrected chi connectivity index (χ1v) is 12.9. The molecule has 0 spiro atoms. The molecule has 2 unspecified atom stereocenters. The minimum atomic E-state index is -0.202. The normalized spacial score (nSPS) is 21.4. The molecule has 0 aromatic heterocycles. The van der Waals surface area contributed by atoms with E-state index in [0.717, 1.165) is 55.2 Å². The summed E-state index contributed by atoms with van der Waals surface area (Å²) in [6.07, 6.45) is 3.57. The molecule has 3 aromatic rings. The molecule has 0 saturated carbocycles. The van der Waals surface area contributed by atoms with Crippen LogP contribution in [0, 0.1) is 24.6 Å². The van der Waals surface area contributed by atoms with Crippen LogP contribution in [0.1, 0.15) is 45.8 Å². The molecule has 5 rings (SSSR count). The molecule has 1 amide bonds. The molecule has 0 aliphatic carbocycles. The third-order valence-corrected chi connectivity index (χ3v) is 7.84. The number of hydrogen-bond acceptors (Lipinski definition) is 2. The van der Waals surface area contributed by atoms with Crippen LogP contribution >= 0.6 is 0 Å². The Morgan fingerprint density at radius 3 is 2.43 bits per heavy atom. The van der Waals surface area contributed by atoms with Crippen LogP contribution in [0.4, 0.5) is 4.39 Å². The second kappa shape index (κ2) is 10.7. The topological polar surface area (TPSA) is 23.6 Å². The summed E-state index contributed by atoms with van der Waals surface area (Å²) in [4.78, 5) is 17.9. The van der Waals surface area contributed by atoms with E-state index in [1.54, 1.807) is 12.1 Å². The van der Waals surface area contributed by atoms with Crippen molar-refractivity contribution in [1.82, 2.24) is 9.80 Å². The summed E-state index contributed by atoms with van der Waals surface area (Å²) in [6, 6.07) is 25.6. The lowest BCUT2D eigenvalue weighted by atomic mass is 9.86. The van der Waals surface area contributed by atoms with Crippen molar-refractivity contribution in [1.29, 1.82) is 0 Å². The highest BCUT2D eigenvalue weighted by Gasteiger charge is 2.38. The number of likely N-dealkylation sites (tertiary alicyclic amines) is 2. The lowest BCUT2D eigenvalue weighted by Gasteiger charge is -2.34. The van der Waals surface area contributed by atoms with Gasteiger partial charge in [-0.05, 0) is 86.5 Å². The number of amides is 1. The number of rotatable bonds is 6. The zero-order valence-electron chi connectivity index (χ0n) is 20.6. The molecule has 0 radical (unpaired) electrons. The Hall–Kier alpha value is -2.98. The lowest BCUT2D eigenvalue weighted by molar-refractivity contribution is 0.0780. The summed E-state index contributed by atoms with van der Waals surface area (Å²) in [7, 11) is 0. The van der Waals surface area contributed by atoms with Crippen molar-refractivity contribution in [3.63, 3.8) is 0 Å². The third kappa shape index (κ3) is 5.82. The molecule has 2 heterocycles. The highest BCUT2D eigenvalue weighted by atomic mass is 19.1. The molecule has 2 fully saturated rings. The van der Waals surface area contributed by atoms with Crippen molar-refractivity contribution in [2.24, 2.45) is 11.8 Å². The third-order valence-electron chi connectivity index (χ3n) is 7.84. The fourth-order valence-electron chi connectivity index (χ4n) is 5.95. The lowest BCUT2D eigenvalue weighted by Crippen LogP contribution is -2.39. The monoisotopic (exact) mass is 470 g/mol. The van der Waals surface area contributed by atoms with Crippen LogP contribution in [0.3, 0.4) is 0 Å². The Morgan fingerprint density at radius 2 is 1.69 bits per heavy atom. The SMILES string of the molecule is Cc1cccc(C(=O)N2CC(CN3CCC(Cc4ccccc4)CC3)C(c3cccc(F)c3)C2)c1. The molecule has 2 atom stereocenters. The van der Waals surface area contributed by atoms with E-state index in [4.69, 9.17) is 0 Å². The predicted molar refractivity (Wildman–Crippen MR) is 139 cm³/mol. The molecule has 3 aromatic carbocycles. The molecule has 2 aliphatic heterocycles. The van der Waals surface area contributed by atoms with Crippen molar-refractivity contribution in [2.45, 2.75) is 32.1 Å². The number of carbonyl (C=O) groups excluding carboxylic acids is 1. The molecule has 4 heteroatoms. The molecular formula is C31H35FN2O. The summed E-state index contributed by atoms with van der Waals surface area (Å²) < 4.78 is 14.1. The summed E-state index contributed by atoms with van der Waals surface area (Å²) >= 11 is 0. The first-order chi connectivity index (χ1) is 17.0. The van der Waals surface area contributed by atoms with Gasteiger partial charge in [-0.2, -0.15) is 0 Å². The van der Waals surface area contributed by atoms with Crippen LogP contribution in [-0.4, -0.2) is 48.4 Å². The standard InChI is InChI=1S/C31H35FN2O/c1-23-7-5-11-27(17-23)31(35)34-21-28(30(22-34)26-10-6-12-29(32)19-26)20-33-15-13-25(14-16-33)18-24-8-3-2-4-9-24/h2-12,17,19,25,28,30H,13-16,18,20-22H2,1H3. The van der Waals surface area contributed by atoms with Crippen LogP contribution in [0.5, 0.6) is 0 Å². The first-order valence-electron chi connectivity index (χ1n) is 12.9. The molecule has 3 nitrogen and oxygen atoms in total. The van der Waals surface area contributed by atoms with Crippen molar-refractivity contribution in [3.8, 4) is 0 Å². The molecule has 0 N–H and O–H groups in total. The zero-order chi connectivity index (χ0) is 24.2. The summed E-state index contributed by atoms with van der Waals surface area (Å²) in [5.41, 5.74) is 4.27. The summed E-state index contributed by atoms with van der Waals surface area (Å²) in [5, 5.41) is 0. The first kappa shape index (κ1) is 23.7. The number of halogens is 1. The van der Waals surface area contributed by atoms with Gasteiger partial charge in [-0.25, -0.2) is 4.39 Å². The molecule has 2 saturated heterocycles. The molecule has 182 valence electrons. The number of hydrogen-bond donors (Lipinski definition) is 0. The van der Waals surface area contributed by atoms with Crippen molar-refractivity contribution < 1.29 is 9.18 Å². The van der Waals surface area contributed by atoms with Gasteiger partial charge in [0, 0.05) is 31.1 Å². The summed E-state index contributed by atoms with van der Waals surface area (Å²) in [5.74, 6) is 1.07. The van der Waals surface area contributed by atoms with Gasteiger partial charge >= 0.3 is 0 Å². The Bertz CT molecular complexity index is 1140. The minimum Gasteiger partial charge on any atom is -0.338 e. The average Bonchev–Trinajstić information content (AvgIpc) is 3.29. The van der Waals surface area contributed by atoms with Gasteiger partial charge in [0.25, 0.3) is 5.91 Å². The van der Waals surface area contributed by atoms with Crippen LogP contribution in [0.25, 0.3) is 0 Å². The Kier molecular flexibility index (Phi) is 7.29.